The molecule has 2 saturated heterocycles. The Kier molecular flexibility index (Phi) is 5.19. The standard InChI is InChI=1S/C22H20F4N4OS/c23-17-5-2-6-18-19(17)27-21(32-18)30-12-14(13-30)20(31)29-9-7-28(8-10-29)16-4-1-3-15(11-16)22(24,25)26/h1-6,11,14H,7-10,12-13H2. The summed E-state index contributed by atoms with van der Waals surface area (Å²) in [6.07, 6.45) is -4.38. The van der Waals surface area contributed by atoms with Crippen LogP contribution in [0, 0.1) is 11.7 Å². The van der Waals surface area contributed by atoms with Gasteiger partial charge in [0, 0.05) is 45.0 Å². The second kappa shape index (κ2) is 7.91. The minimum absolute atomic E-state index is 0.0530. The van der Waals surface area contributed by atoms with E-state index in [1.807, 2.05) is 15.9 Å². The van der Waals surface area contributed by atoms with Gasteiger partial charge < -0.3 is 14.7 Å². The van der Waals surface area contributed by atoms with Gasteiger partial charge in [-0.15, -0.1) is 0 Å². The van der Waals surface area contributed by atoms with Crippen LogP contribution >= 0.6 is 11.3 Å². The van der Waals surface area contributed by atoms with E-state index in [0.29, 0.717) is 55.6 Å². The molecule has 1 amide bonds. The molecule has 5 rings (SSSR count). The van der Waals surface area contributed by atoms with Gasteiger partial charge in [0.25, 0.3) is 0 Å². The third-order valence-electron chi connectivity index (χ3n) is 5.99. The van der Waals surface area contributed by atoms with Crippen LogP contribution in [-0.2, 0) is 11.0 Å². The van der Waals surface area contributed by atoms with E-state index in [1.54, 1.807) is 17.0 Å². The van der Waals surface area contributed by atoms with Gasteiger partial charge in [-0.05, 0) is 30.3 Å². The van der Waals surface area contributed by atoms with Crippen molar-refractivity contribution in [2.75, 3.05) is 49.1 Å². The Morgan fingerprint density at radius 3 is 2.41 bits per heavy atom. The first-order chi connectivity index (χ1) is 15.3. The number of aromatic nitrogens is 1. The molecule has 2 aliphatic heterocycles. The molecule has 1 aromatic heterocycles. The largest absolute Gasteiger partial charge is 0.416 e. The molecule has 2 fully saturated rings. The Morgan fingerprint density at radius 2 is 1.72 bits per heavy atom. The van der Waals surface area contributed by atoms with Crippen molar-refractivity contribution in [2.45, 2.75) is 6.18 Å². The first-order valence-electron chi connectivity index (χ1n) is 10.3. The van der Waals surface area contributed by atoms with Crippen LogP contribution in [0.25, 0.3) is 10.2 Å². The first-order valence-corrected chi connectivity index (χ1v) is 11.1. The highest BCUT2D eigenvalue weighted by molar-refractivity contribution is 7.22. The number of fused-ring (bicyclic) bond motifs is 1. The van der Waals surface area contributed by atoms with Gasteiger partial charge in [0.15, 0.2) is 5.13 Å². The molecular formula is C22H20F4N4OS. The molecule has 0 bridgehead atoms. The lowest BCUT2D eigenvalue weighted by Gasteiger charge is -2.43. The van der Waals surface area contributed by atoms with Crippen LogP contribution in [0.2, 0.25) is 0 Å². The normalized spacial score (nSPS) is 17.7. The Labute approximate surface area is 185 Å². The molecule has 0 saturated carbocycles. The van der Waals surface area contributed by atoms with Crippen LogP contribution in [-0.4, -0.2) is 55.1 Å². The molecule has 0 N–H and O–H groups in total. The van der Waals surface area contributed by atoms with Crippen molar-refractivity contribution in [1.29, 1.82) is 0 Å². The number of rotatable bonds is 3. The monoisotopic (exact) mass is 464 g/mol. The van der Waals surface area contributed by atoms with Gasteiger partial charge in [0.2, 0.25) is 5.91 Å². The summed E-state index contributed by atoms with van der Waals surface area (Å²) in [4.78, 5) is 22.9. The summed E-state index contributed by atoms with van der Waals surface area (Å²) in [6.45, 7) is 2.99. The molecule has 0 spiro atoms. The molecule has 2 aromatic carbocycles. The Hall–Kier alpha value is -2.88. The number of thiazole rings is 1. The highest BCUT2D eigenvalue weighted by Gasteiger charge is 2.38. The quantitative estimate of drug-likeness (QED) is 0.544. The molecule has 5 nitrogen and oxygen atoms in total. The minimum Gasteiger partial charge on any atom is -0.368 e. The molecule has 3 heterocycles. The van der Waals surface area contributed by atoms with Crippen molar-refractivity contribution in [3.05, 3.63) is 53.8 Å². The molecule has 2 aliphatic rings. The lowest BCUT2D eigenvalue weighted by Crippen LogP contribution is -2.58. The van der Waals surface area contributed by atoms with Gasteiger partial charge in [-0.2, -0.15) is 13.2 Å². The van der Waals surface area contributed by atoms with E-state index in [2.05, 4.69) is 4.98 Å². The number of halogens is 4. The summed E-state index contributed by atoms with van der Waals surface area (Å²) in [7, 11) is 0. The number of piperazine rings is 1. The van der Waals surface area contributed by atoms with Gasteiger partial charge in [-0.3, -0.25) is 4.79 Å². The topological polar surface area (TPSA) is 39.7 Å². The Bertz CT molecular complexity index is 1150. The second-order valence-electron chi connectivity index (χ2n) is 8.05. The number of alkyl halides is 3. The number of benzene rings is 2. The van der Waals surface area contributed by atoms with Crippen molar-refractivity contribution in [2.24, 2.45) is 5.92 Å². The lowest BCUT2D eigenvalue weighted by atomic mass is 9.99. The van der Waals surface area contributed by atoms with Gasteiger partial charge >= 0.3 is 6.18 Å². The number of nitrogens with zero attached hydrogens (tertiary/aromatic N) is 4. The van der Waals surface area contributed by atoms with Crippen molar-refractivity contribution in [3.8, 4) is 0 Å². The zero-order valence-corrected chi connectivity index (χ0v) is 17.8. The Balaban J connectivity index is 1.17. The van der Waals surface area contributed by atoms with Crippen molar-refractivity contribution in [1.82, 2.24) is 9.88 Å². The fourth-order valence-electron chi connectivity index (χ4n) is 4.15. The molecule has 3 aromatic rings. The molecule has 168 valence electrons. The number of carbonyl (C=O) groups excluding carboxylic acids is 1. The van der Waals surface area contributed by atoms with E-state index in [0.717, 1.165) is 16.8 Å². The summed E-state index contributed by atoms with van der Waals surface area (Å²) in [5.74, 6) is -0.444. The smallest absolute Gasteiger partial charge is 0.368 e. The second-order valence-corrected chi connectivity index (χ2v) is 9.05. The summed E-state index contributed by atoms with van der Waals surface area (Å²) in [5.41, 5.74) is 0.204. The summed E-state index contributed by atoms with van der Waals surface area (Å²) >= 11 is 1.41. The molecule has 0 aliphatic carbocycles. The van der Waals surface area contributed by atoms with Crippen LogP contribution in [0.5, 0.6) is 0 Å². The average molecular weight is 464 g/mol. The maximum Gasteiger partial charge on any atom is 0.416 e. The molecule has 0 atom stereocenters. The fourth-order valence-corrected chi connectivity index (χ4v) is 5.15. The predicted octanol–water partition coefficient (Wildman–Crippen LogP) is 4.24. The fraction of sp³-hybridized carbons (Fsp3) is 0.364. The van der Waals surface area contributed by atoms with Gasteiger partial charge in [-0.1, -0.05) is 23.5 Å². The van der Waals surface area contributed by atoms with Gasteiger partial charge in [-0.25, -0.2) is 9.37 Å². The number of para-hydroxylation sites is 1. The molecular weight excluding hydrogens is 444 g/mol. The highest BCUT2D eigenvalue weighted by atomic mass is 32.1. The number of carbonyl (C=O) groups is 1. The third kappa shape index (κ3) is 3.87. The number of amides is 1. The van der Waals surface area contributed by atoms with Crippen LogP contribution in [0.4, 0.5) is 28.4 Å². The zero-order valence-electron chi connectivity index (χ0n) is 17.0. The van der Waals surface area contributed by atoms with Crippen molar-refractivity contribution in [3.63, 3.8) is 0 Å². The molecule has 32 heavy (non-hydrogen) atoms. The van der Waals surface area contributed by atoms with Crippen molar-refractivity contribution >= 4 is 38.3 Å². The average Bonchev–Trinajstić information content (AvgIpc) is 3.17. The zero-order chi connectivity index (χ0) is 22.5. The Morgan fingerprint density at radius 1 is 1.00 bits per heavy atom. The SMILES string of the molecule is O=C(C1CN(c2nc3c(F)cccc3s2)C1)N1CCN(c2cccc(C(F)(F)F)c2)CC1. The maximum absolute atomic E-state index is 13.9. The van der Waals surface area contributed by atoms with E-state index in [1.165, 1.54) is 23.5 Å². The summed E-state index contributed by atoms with van der Waals surface area (Å²) < 4.78 is 53.6. The minimum atomic E-state index is -4.38. The predicted molar refractivity (Wildman–Crippen MR) is 116 cm³/mol. The highest BCUT2D eigenvalue weighted by Crippen LogP contribution is 2.35. The van der Waals surface area contributed by atoms with Crippen LogP contribution in [0.15, 0.2) is 42.5 Å². The van der Waals surface area contributed by atoms with E-state index >= 15 is 0 Å². The summed E-state index contributed by atoms with van der Waals surface area (Å²) in [6, 6.07) is 10.2. The third-order valence-corrected chi connectivity index (χ3v) is 7.07. The van der Waals surface area contributed by atoms with Crippen LogP contribution in [0.1, 0.15) is 5.56 Å². The first kappa shape index (κ1) is 21.0. The molecule has 10 heteroatoms. The number of anilines is 2. The summed E-state index contributed by atoms with van der Waals surface area (Å²) in [5, 5.41) is 0.712. The lowest BCUT2D eigenvalue weighted by molar-refractivity contribution is -0.137. The van der Waals surface area contributed by atoms with Crippen LogP contribution < -0.4 is 9.80 Å². The number of hydrogen-bond donors (Lipinski definition) is 0. The van der Waals surface area contributed by atoms with E-state index in [-0.39, 0.29) is 17.6 Å². The van der Waals surface area contributed by atoms with Crippen molar-refractivity contribution < 1.29 is 22.4 Å². The van der Waals surface area contributed by atoms with E-state index < -0.39 is 11.7 Å². The van der Waals surface area contributed by atoms with E-state index in [4.69, 9.17) is 0 Å². The maximum atomic E-state index is 13.9. The van der Waals surface area contributed by atoms with Gasteiger partial charge in [0.05, 0.1) is 16.2 Å². The van der Waals surface area contributed by atoms with E-state index in [9.17, 15) is 22.4 Å². The van der Waals surface area contributed by atoms with Gasteiger partial charge in [0.1, 0.15) is 11.3 Å². The number of hydrogen-bond acceptors (Lipinski definition) is 5. The molecule has 0 radical (unpaired) electrons. The molecule has 0 unspecified atom stereocenters. The van der Waals surface area contributed by atoms with Crippen LogP contribution in [0.3, 0.4) is 0 Å².